The summed E-state index contributed by atoms with van der Waals surface area (Å²) in [6, 6.07) is 4.95. The molecular weight excluding hydrogens is 354 g/mol. The summed E-state index contributed by atoms with van der Waals surface area (Å²) >= 11 is 0. The molecule has 0 bridgehead atoms. The van der Waals surface area contributed by atoms with E-state index in [9.17, 15) is 13.6 Å². The molecule has 2 aromatic heterocycles. The molecule has 1 amide bonds. The molecule has 140 valence electrons. The van der Waals surface area contributed by atoms with Crippen LogP contribution in [0.5, 0.6) is 0 Å². The van der Waals surface area contributed by atoms with Crippen LogP contribution in [0.1, 0.15) is 18.5 Å². The van der Waals surface area contributed by atoms with Gasteiger partial charge in [0.2, 0.25) is 5.91 Å². The number of nitrogens with zero attached hydrogens (tertiary/aromatic N) is 5. The Morgan fingerprint density at radius 1 is 1.22 bits per heavy atom. The molecule has 1 saturated heterocycles. The molecule has 1 aromatic carbocycles. The third-order valence-corrected chi connectivity index (χ3v) is 4.74. The average molecular weight is 372 g/mol. The smallest absolute Gasteiger partial charge is 0.254 e. The van der Waals surface area contributed by atoms with Gasteiger partial charge in [-0.3, -0.25) is 4.79 Å². The lowest BCUT2D eigenvalue weighted by Crippen LogP contribution is -2.39. The minimum atomic E-state index is -0.650. The third-order valence-electron chi connectivity index (χ3n) is 4.74. The number of carbonyl (C=O) groups is 1. The number of carbonyl (C=O) groups excluding carboxylic acids is 1. The minimum absolute atomic E-state index is 0.128. The van der Waals surface area contributed by atoms with E-state index in [0.717, 1.165) is 29.7 Å². The van der Waals surface area contributed by atoms with Crippen LogP contribution in [0.3, 0.4) is 0 Å². The van der Waals surface area contributed by atoms with Gasteiger partial charge in [0, 0.05) is 36.8 Å². The highest BCUT2D eigenvalue weighted by atomic mass is 19.1. The molecule has 1 aliphatic rings. The number of anilines is 2. The number of amides is 1. The molecule has 0 aliphatic carbocycles. The highest BCUT2D eigenvalue weighted by Crippen LogP contribution is 2.25. The van der Waals surface area contributed by atoms with Crippen LogP contribution in [0.2, 0.25) is 0 Å². The van der Waals surface area contributed by atoms with Crippen molar-refractivity contribution in [1.82, 2.24) is 19.6 Å². The molecule has 3 aromatic rings. The number of aryl methyl sites for hydroxylation is 1. The first-order chi connectivity index (χ1) is 13.0. The molecule has 9 heteroatoms. The zero-order valence-electron chi connectivity index (χ0n) is 14.7. The first kappa shape index (κ1) is 17.3. The van der Waals surface area contributed by atoms with Crippen molar-refractivity contribution in [3.05, 3.63) is 47.9 Å². The average Bonchev–Trinajstić information content (AvgIpc) is 3.12. The second-order valence-corrected chi connectivity index (χ2v) is 6.60. The van der Waals surface area contributed by atoms with Gasteiger partial charge in [-0.25, -0.2) is 13.8 Å². The second-order valence-electron chi connectivity index (χ2n) is 6.60. The monoisotopic (exact) mass is 372 g/mol. The predicted molar refractivity (Wildman–Crippen MR) is 95.4 cm³/mol. The van der Waals surface area contributed by atoms with Gasteiger partial charge in [0.1, 0.15) is 23.8 Å². The van der Waals surface area contributed by atoms with Gasteiger partial charge in [0.15, 0.2) is 0 Å². The number of fused-ring (bicyclic) bond motifs is 1. The summed E-state index contributed by atoms with van der Waals surface area (Å²) in [6.07, 6.45) is 2.65. The molecular formula is C18H18F2N6O. The van der Waals surface area contributed by atoms with E-state index in [4.69, 9.17) is 0 Å². The first-order valence-electron chi connectivity index (χ1n) is 8.69. The van der Waals surface area contributed by atoms with Crippen LogP contribution in [-0.4, -0.2) is 38.6 Å². The normalized spacial score (nSPS) is 15.3. The van der Waals surface area contributed by atoms with Crippen molar-refractivity contribution in [2.24, 2.45) is 5.92 Å². The molecule has 1 N–H and O–H groups in total. The lowest BCUT2D eigenvalue weighted by Gasteiger charge is -2.32. The van der Waals surface area contributed by atoms with E-state index in [1.807, 2.05) is 13.0 Å². The number of aromatic nitrogens is 4. The van der Waals surface area contributed by atoms with Crippen LogP contribution in [0.25, 0.3) is 5.78 Å². The maximum atomic E-state index is 13.7. The second kappa shape index (κ2) is 6.90. The number of halogens is 2. The number of hydrogen-bond acceptors (Lipinski definition) is 5. The van der Waals surface area contributed by atoms with E-state index < -0.39 is 11.6 Å². The van der Waals surface area contributed by atoms with Crippen LogP contribution < -0.4 is 10.2 Å². The SMILES string of the molecule is Cc1cc(N2CCC(C(=O)Nc3cc(F)ccc3F)CC2)n2ncnc2n1. The Hall–Kier alpha value is -3.10. The van der Waals surface area contributed by atoms with Gasteiger partial charge in [-0.1, -0.05) is 0 Å². The van der Waals surface area contributed by atoms with E-state index >= 15 is 0 Å². The van der Waals surface area contributed by atoms with Crippen LogP contribution in [0.4, 0.5) is 20.3 Å². The van der Waals surface area contributed by atoms with Gasteiger partial charge in [-0.15, -0.1) is 0 Å². The quantitative estimate of drug-likeness (QED) is 0.765. The summed E-state index contributed by atoms with van der Waals surface area (Å²) in [4.78, 5) is 23.0. The van der Waals surface area contributed by atoms with Gasteiger partial charge in [0.05, 0.1) is 5.69 Å². The Labute approximate surface area is 154 Å². The van der Waals surface area contributed by atoms with Gasteiger partial charge in [-0.2, -0.15) is 14.6 Å². The summed E-state index contributed by atoms with van der Waals surface area (Å²) in [5.74, 6) is -0.389. The summed E-state index contributed by atoms with van der Waals surface area (Å²) in [6.45, 7) is 3.18. The van der Waals surface area contributed by atoms with Crippen molar-refractivity contribution >= 4 is 23.2 Å². The molecule has 0 saturated carbocycles. The molecule has 1 fully saturated rings. The predicted octanol–water partition coefficient (Wildman–Crippen LogP) is 2.57. The molecule has 0 atom stereocenters. The maximum absolute atomic E-state index is 13.7. The van der Waals surface area contributed by atoms with Crippen molar-refractivity contribution in [3.8, 4) is 0 Å². The molecule has 4 rings (SSSR count). The van der Waals surface area contributed by atoms with Crippen LogP contribution in [0, 0.1) is 24.5 Å². The molecule has 0 unspecified atom stereocenters. The molecule has 0 radical (unpaired) electrons. The minimum Gasteiger partial charge on any atom is -0.356 e. The molecule has 1 aliphatic heterocycles. The van der Waals surface area contributed by atoms with Crippen molar-refractivity contribution in [1.29, 1.82) is 0 Å². The van der Waals surface area contributed by atoms with Gasteiger partial charge >= 0.3 is 0 Å². The lowest BCUT2D eigenvalue weighted by atomic mass is 9.95. The van der Waals surface area contributed by atoms with Crippen molar-refractivity contribution in [3.63, 3.8) is 0 Å². The highest BCUT2D eigenvalue weighted by molar-refractivity contribution is 5.92. The Kier molecular flexibility index (Phi) is 4.43. The fraction of sp³-hybridized carbons (Fsp3) is 0.333. The summed E-state index contributed by atoms with van der Waals surface area (Å²) in [5.41, 5.74) is 0.712. The Morgan fingerprint density at radius 3 is 2.78 bits per heavy atom. The van der Waals surface area contributed by atoms with Crippen molar-refractivity contribution < 1.29 is 13.6 Å². The van der Waals surface area contributed by atoms with E-state index in [-0.39, 0.29) is 17.5 Å². The molecule has 7 nitrogen and oxygen atoms in total. The van der Waals surface area contributed by atoms with Crippen molar-refractivity contribution in [2.75, 3.05) is 23.3 Å². The molecule has 27 heavy (non-hydrogen) atoms. The largest absolute Gasteiger partial charge is 0.356 e. The third kappa shape index (κ3) is 3.44. The Morgan fingerprint density at radius 2 is 2.00 bits per heavy atom. The number of nitrogens with one attached hydrogen (secondary N) is 1. The van der Waals surface area contributed by atoms with E-state index in [0.29, 0.717) is 31.7 Å². The fourth-order valence-corrected chi connectivity index (χ4v) is 3.34. The standard InChI is InChI=1S/C18H18F2N6O/c1-11-8-16(26-18(23-11)21-10-22-26)25-6-4-12(5-7-25)17(27)24-15-9-13(19)2-3-14(15)20/h2-3,8-10,12H,4-7H2,1H3,(H,24,27). The van der Waals surface area contributed by atoms with Crippen molar-refractivity contribution in [2.45, 2.75) is 19.8 Å². The molecule has 0 spiro atoms. The van der Waals surface area contributed by atoms with E-state index in [2.05, 4.69) is 25.3 Å². The maximum Gasteiger partial charge on any atom is 0.254 e. The zero-order valence-corrected chi connectivity index (χ0v) is 14.7. The lowest BCUT2D eigenvalue weighted by molar-refractivity contribution is -0.120. The summed E-state index contributed by atoms with van der Waals surface area (Å²) in [7, 11) is 0. The van der Waals surface area contributed by atoms with E-state index in [1.165, 1.54) is 6.33 Å². The van der Waals surface area contributed by atoms with Gasteiger partial charge < -0.3 is 10.2 Å². The van der Waals surface area contributed by atoms with Crippen LogP contribution >= 0.6 is 0 Å². The van der Waals surface area contributed by atoms with Gasteiger partial charge in [-0.05, 0) is 31.9 Å². The number of piperidine rings is 1. The van der Waals surface area contributed by atoms with Crippen LogP contribution in [0.15, 0.2) is 30.6 Å². The van der Waals surface area contributed by atoms with Crippen LogP contribution in [-0.2, 0) is 4.79 Å². The molecule has 3 heterocycles. The summed E-state index contributed by atoms with van der Waals surface area (Å²) < 4.78 is 28.7. The summed E-state index contributed by atoms with van der Waals surface area (Å²) in [5, 5.41) is 6.71. The van der Waals surface area contributed by atoms with Gasteiger partial charge in [0.25, 0.3) is 5.78 Å². The van der Waals surface area contributed by atoms with E-state index in [1.54, 1.807) is 4.52 Å². The number of benzene rings is 1. The number of rotatable bonds is 3. The Balaban J connectivity index is 1.44. The highest BCUT2D eigenvalue weighted by Gasteiger charge is 2.27. The topological polar surface area (TPSA) is 75.4 Å². The zero-order chi connectivity index (χ0) is 19.0. The first-order valence-corrected chi connectivity index (χ1v) is 8.69. The number of hydrogen-bond donors (Lipinski definition) is 1. The fourth-order valence-electron chi connectivity index (χ4n) is 3.34. The Bertz CT molecular complexity index is 997.